The van der Waals surface area contributed by atoms with Crippen LogP contribution in [0.25, 0.3) is 22.4 Å². The third-order valence-electron chi connectivity index (χ3n) is 6.81. The average Bonchev–Trinajstić information content (AvgIpc) is 3.64. The molecular formula is C23H24F3N9O3S. The number of nitrogens with one attached hydrogen (secondary N) is 1. The number of hydrogen-bond acceptors (Lipinski definition) is 9. The fourth-order valence-electron chi connectivity index (χ4n) is 4.58. The zero-order chi connectivity index (χ0) is 28.2. The summed E-state index contributed by atoms with van der Waals surface area (Å²) in [6, 6.07) is -0.825. The number of anilines is 2. The van der Waals surface area contributed by atoms with Gasteiger partial charge in [0.25, 0.3) is 5.56 Å². The van der Waals surface area contributed by atoms with Crippen molar-refractivity contribution in [2.75, 3.05) is 16.8 Å². The van der Waals surface area contributed by atoms with E-state index in [2.05, 4.69) is 25.3 Å². The van der Waals surface area contributed by atoms with Gasteiger partial charge >= 0.3 is 11.9 Å². The van der Waals surface area contributed by atoms with Crippen molar-refractivity contribution in [1.82, 2.24) is 33.6 Å². The lowest BCUT2D eigenvalue weighted by Crippen LogP contribution is -2.38. The summed E-state index contributed by atoms with van der Waals surface area (Å²) in [4.78, 5) is 55.6. The molecule has 206 valence electrons. The van der Waals surface area contributed by atoms with Crippen molar-refractivity contribution in [3.63, 3.8) is 0 Å². The fourth-order valence-corrected chi connectivity index (χ4v) is 5.44. The highest BCUT2D eigenvalue weighted by atomic mass is 32.1. The van der Waals surface area contributed by atoms with Crippen molar-refractivity contribution in [2.45, 2.75) is 44.9 Å². The number of carbonyl (C=O) groups excluding carboxylic acids is 1. The number of hydrogen-bond donors (Lipinski definition) is 1. The first-order chi connectivity index (χ1) is 18.4. The van der Waals surface area contributed by atoms with E-state index in [1.165, 1.54) is 44.3 Å². The van der Waals surface area contributed by atoms with Crippen LogP contribution in [0.1, 0.15) is 37.6 Å². The van der Waals surface area contributed by atoms with Crippen molar-refractivity contribution in [3.05, 3.63) is 44.4 Å². The van der Waals surface area contributed by atoms with Crippen molar-refractivity contribution in [2.24, 2.45) is 14.1 Å². The van der Waals surface area contributed by atoms with Gasteiger partial charge in [-0.15, -0.1) is 0 Å². The van der Waals surface area contributed by atoms with Crippen LogP contribution in [0.15, 0.2) is 28.3 Å². The van der Waals surface area contributed by atoms with Crippen LogP contribution in [0, 0.1) is 0 Å². The standard InChI is InChI=1S/C23H24F3N9O3S/c1-11-6-5-7-34(11)20-27-8-13(9-28-20)14-16(23(24,25)26)39-21(30-14)31-18(36)12(2)35-10-29-17-15(35)19(37)33(4)22(38)32(17)3/h8-12H,5-7H2,1-4H3,(H,30,31,36)/t11-,12-/m0/s1. The molecule has 0 unspecified atom stereocenters. The van der Waals surface area contributed by atoms with Gasteiger partial charge in [0.1, 0.15) is 10.9 Å². The van der Waals surface area contributed by atoms with E-state index < -0.39 is 39.9 Å². The predicted molar refractivity (Wildman–Crippen MR) is 138 cm³/mol. The van der Waals surface area contributed by atoms with Crippen LogP contribution < -0.4 is 21.5 Å². The first-order valence-electron chi connectivity index (χ1n) is 12.0. The summed E-state index contributed by atoms with van der Waals surface area (Å²) in [6.07, 6.45) is 1.05. The molecular weight excluding hydrogens is 539 g/mol. The minimum atomic E-state index is -4.73. The molecule has 1 amide bonds. The first kappa shape index (κ1) is 26.5. The minimum Gasteiger partial charge on any atom is -0.338 e. The van der Waals surface area contributed by atoms with Gasteiger partial charge in [-0.3, -0.25) is 18.7 Å². The number of thiazole rings is 1. The lowest BCUT2D eigenvalue weighted by Gasteiger charge is -2.20. The molecule has 0 saturated carbocycles. The number of rotatable bonds is 5. The Morgan fingerprint density at radius 1 is 1.15 bits per heavy atom. The normalized spacial score (nSPS) is 16.7. The number of nitrogens with zero attached hydrogens (tertiary/aromatic N) is 8. The molecule has 1 saturated heterocycles. The maximum atomic E-state index is 13.9. The number of fused-ring (bicyclic) bond motifs is 1. The largest absolute Gasteiger partial charge is 0.427 e. The van der Waals surface area contributed by atoms with Crippen molar-refractivity contribution in [3.8, 4) is 11.3 Å². The SMILES string of the molecule is C[C@H]1CCCN1c1ncc(-c2nc(NC(=O)[C@H](C)n3cnc4c3c(=O)n(C)c(=O)n4C)sc2C(F)(F)F)cn1. The van der Waals surface area contributed by atoms with Gasteiger partial charge < -0.3 is 14.8 Å². The molecule has 0 aromatic carbocycles. The third-order valence-corrected chi connectivity index (χ3v) is 7.82. The molecule has 2 atom stereocenters. The number of imidazole rings is 1. The highest BCUT2D eigenvalue weighted by molar-refractivity contribution is 7.16. The molecule has 0 radical (unpaired) electrons. The maximum absolute atomic E-state index is 13.9. The summed E-state index contributed by atoms with van der Waals surface area (Å²) < 4.78 is 45.0. The van der Waals surface area contributed by atoms with Gasteiger partial charge in [0.05, 0.1) is 12.0 Å². The predicted octanol–water partition coefficient (Wildman–Crippen LogP) is 2.55. The molecule has 4 aromatic rings. The van der Waals surface area contributed by atoms with Crippen LogP contribution in [-0.4, -0.2) is 52.1 Å². The van der Waals surface area contributed by atoms with Crippen LogP contribution in [-0.2, 0) is 25.1 Å². The maximum Gasteiger partial charge on any atom is 0.427 e. The third kappa shape index (κ3) is 4.57. The number of amides is 1. The summed E-state index contributed by atoms with van der Waals surface area (Å²) in [5, 5.41) is 2.13. The molecule has 0 spiro atoms. The molecule has 4 aromatic heterocycles. The quantitative estimate of drug-likeness (QED) is 0.392. The first-order valence-corrected chi connectivity index (χ1v) is 12.8. The Kier molecular flexibility index (Phi) is 6.52. The monoisotopic (exact) mass is 563 g/mol. The Hall–Kier alpha value is -4.08. The van der Waals surface area contributed by atoms with Crippen molar-refractivity contribution >= 4 is 39.5 Å². The number of alkyl halides is 3. The zero-order valence-corrected chi connectivity index (χ0v) is 22.2. The number of carbonyl (C=O) groups is 1. The highest BCUT2D eigenvalue weighted by Crippen LogP contribution is 2.42. The van der Waals surface area contributed by atoms with Gasteiger partial charge in [0.15, 0.2) is 16.3 Å². The smallest absolute Gasteiger partial charge is 0.338 e. The molecule has 5 rings (SSSR count). The second-order valence-electron chi connectivity index (χ2n) is 9.35. The van der Waals surface area contributed by atoms with E-state index in [4.69, 9.17) is 0 Å². The van der Waals surface area contributed by atoms with E-state index in [-0.39, 0.29) is 39.2 Å². The topological polar surface area (TPSA) is 133 Å². The summed E-state index contributed by atoms with van der Waals surface area (Å²) in [6.45, 7) is 4.26. The van der Waals surface area contributed by atoms with E-state index in [0.29, 0.717) is 5.95 Å². The molecule has 0 aliphatic carbocycles. The van der Waals surface area contributed by atoms with Crippen LogP contribution in [0.4, 0.5) is 24.3 Å². The molecule has 1 N–H and O–H groups in total. The van der Waals surface area contributed by atoms with Gasteiger partial charge in [-0.2, -0.15) is 13.2 Å². The zero-order valence-electron chi connectivity index (χ0n) is 21.4. The van der Waals surface area contributed by atoms with E-state index in [1.807, 2.05) is 11.8 Å². The van der Waals surface area contributed by atoms with Gasteiger partial charge in [-0.1, -0.05) is 11.3 Å². The minimum absolute atomic E-state index is 0.00242. The highest BCUT2D eigenvalue weighted by Gasteiger charge is 2.38. The molecule has 16 heteroatoms. The van der Waals surface area contributed by atoms with Crippen LogP contribution in [0.5, 0.6) is 0 Å². The number of aryl methyl sites for hydroxylation is 1. The number of aromatic nitrogens is 7. The molecule has 0 bridgehead atoms. The van der Waals surface area contributed by atoms with Gasteiger partial charge in [0, 0.05) is 44.6 Å². The van der Waals surface area contributed by atoms with Crippen LogP contribution >= 0.6 is 11.3 Å². The Morgan fingerprint density at radius 3 is 2.46 bits per heavy atom. The summed E-state index contributed by atoms with van der Waals surface area (Å²) in [5.74, 6) is -0.292. The summed E-state index contributed by atoms with van der Waals surface area (Å²) >= 11 is 0.278. The molecule has 12 nitrogen and oxygen atoms in total. The Balaban J connectivity index is 1.45. The Morgan fingerprint density at radius 2 is 1.85 bits per heavy atom. The van der Waals surface area contributed by atoms with Crippen molar-refractivity contribution < 1.29 is 18.0 Å². The van der Waals surface area contributed by atoms with E-state index in [0.717, 1.165) is 28.5 Å². The molecule has 1 aliphatic heterocycles. The van der Waals surface area contributed by atoms with Gasteiger partial charge in [-0.05, 0) is 26.7 Å². The van der Waals surface area contributed by atoms with Crippen LogP contribution in [0.2, 0.25) is 0 Å². The van der Waals surface area contributed by atoms with Crippen molar-refractivity contribution in [1.29, 1.82) is 0 Å². The summed E-state index contributed by atoms with van der Waals surface area (Å²) in [5.41, 5.74) is -1.50. The average molecular weight is 564 g/mol. The van der Waals surface area contributed by atoms with E-state index in [1.54, 1.807) is 0 Å². The van der Waals surface area contributed by atoms with E-state index >= 15 is 0 Å². The number of halogens is 3. The molecule has 1 aliphatic rings. The Labute approximate surface area is 222 Å². The van der Waals surface area contributed by atoms with Gasteiger partial charge in [0.2, 0.25) is 11.9 Å². The Bertz CT molecular complexity index is 1690. The lowest BCUT2D eigenvalue weighted by atomic mass is 10.2. The molecule has 39 heavy (non-hydrogen) atoms. The second-order valence-corrected chi connectivity index (χ2v) is 10.3. The van der Waals surface area contributed by atoms with E-state index in [9.17, 15) is 27.6 Å². The molecule has 5 heterocycles. The molecule has 1 fully saturated rings. The lowest BCUT2D eigenvalue weighted by molar-refractivity contribution is -0.134. The van der Waals surface area contributed by atoms with Gasteiger partial charge in [-0.25, -0.2) is 24.7 Å². The summed E-state index contributed by atoms with van der Waals surface area (Å²) in [7, 11) is 2.73. The fraction of sp³-hybridized carbons (Fsp3) is 0.435. The van der Waals surface area contributed by atoms with Crippen LogP contribution in [0.3, 0.4) is 0 Å². The second kappa shape index (κ2) is 9.59.